The van der Waals surface area contributed by atoms with Gasteiger partial charge in [-0.3, -0.25) is 9.79 Å². The van der Waals surface area contributed by atoms with Crippen molar-refractivity contribution in [2.45, 2.75) is 63.4 Å². The van der Waals surface area contributed by atoms with E-state index < -0.39 is 0 Å². The highest BCUT2D eigenvalue weighted by molar-refractivity contribution is 7.99. The standard InChI is InChI=1S/C24H29N5OS/c1-5-20-26-22(27-21-13-17(14-25-21)24(2,3)4)29-23(28-20)31-18-10-6-15(7-11-18)12-19(30)16-8-9-16/h6-7,10-11,13,16H,5,8-9,12,14H2,1-4H3,(H,25,26,27,28,29). The third-order valence-electron chi connectivity index (χ3n) is 5.45. The average Bonchev–Trinajstić information content (AvgIpc) is 3.47. The Hall–Kier alpha value is -2.54. The van der Waals surface area contributed by atoms with Gasteiger partial charge >= 0.3 is 0 Å². The van der Waals surface area contributed by atoms with Crippen LogP contribution < -0.4 is 5.32 Å². The van der Waals surface area contributed by atoms with Crippen molar-refractivity contribution in [3.8, 4) is 0 Å². The third-order valence-corrected chi connectivity index (χ3v) is 6.33. The van der Waals surface area contributed by atoms with Crippen molar-refractivity contribution < 1.29 is 4.79 Å². The molecule has 0 bridgehead atoms. The Bertz CT molecular complexity index is 1030. The summed E-state index contributed by atoms with van der Waals surface area (Å²) >= 11 is 1.50. The van der Waals surface area contributed by atoms with Crippen LogP contribution in [0.1, 0.15) is 51.9 Å². The van der Waals surface area contributed by atoms with E-state index in [1.54, 1.807) is 0 Å². The lowest BCUT2D eigenvalue weighted by atomic mass is 9.87. The Kier molecular flexibility index (Phi) is 6.23. The fourth-order valence-corrected chi connectivity index (χ4v) is 4.03. The normalized spacial score (nSPS) is 16.1. The number of nitrogens with zero attached hydrogens (tertiary/aromatic N) is 4. The Labute approximate surface area is 188 Å². The lowest BCUT2D eigenvalue weighted by molar-refractivity contribution is -0.119. The summed E-state index contributed by atoms with van der Waals surface area (Å²) in [6.07, 6.45) is 5.46. The molecule has 1 aliphatic carbocycles. The smallest absolute Gasteiger partial charge is 0.232 e. The number of anilines is 1. The van der Waals surface area contributed by atoms with Gasteiger partial charge in [0.25, 0.3) is 0 Å². The molecular weight excluding hydrogens is 406 g/mol. The van der Waals surface area contributed by atoms with Gasteiger partial charge in [0.05, 0.1) is 6.54 Å². The van der Waals surface area contributed by atoms with Gasteiger partial charge in [0.1, 0.15) is 17.4 Å². The Balaban J connectivity index is 1.45. The van der Waals surface area contributed by atoms with Gasteiger partial charge in [0.2, 0.25) is 5.95 Å². The number of carbonyl (C=O) groups excluding carboxylic acids is 1. The summed E-state index contributed by atoms with van der Waals surface area (Å²) in [6.45, 7) is 9.31. The van der Waals surface area contributed by atoms with Crippen LogP contribution in [0.15, 0.2) is 51.0 Å². The molecule has 1 N–H and O–H groups in total. The first-order valence-corrected chi connectivity index (χ1v) is 11.7. The number of rotatable bonds is 7. The molecule has 7 heteroatoms. The molecule has 2 aliphatic rings. The molecule has 31 heavy (non-hydrogen) atoms. The van der Waals surface area contributed by atoms with E-state index in [-0.39, 0.29) is 5.41 Å². The van der Waals surface area contributed by atoms with E-state index in [1.807, 2.05) is 31.2 Å². The summed E-state index contributed by atoms with van der Waals surface area (Å²) in [5, 5.41) is 3.90. The van der Waals surface area contributed by atoms with E-state index in [2.05, 4.69) is 52.1 Å². The van der Waals surface area contributed by atoms with Crippen LogP contribution in [0.25, 0.3) is 0 Å². The number of aliphatic imine (C=N–C) groups is 1. The fraction of sp³-hybridized carbons (Fsp3) is 0.458. The minimum Gasteiger partial charge on any atom is -0.309 e. The maximum absolute atomic E-state index is 12.0. The van der Waals surface area contributed by atoms with E-state index in [0.717, 1.165) is 41.4 Å². The number of Topliss-reactive ketones (excluding diaryl/α,β-unsaturated/α-hetero) is 1. The molecule has 0 spiro atoms. The van der Waals surface area contributed by atoms with Crippen molar-refractivity contribution in [2.24, 2.45) is 16.3 Å². The largest absolute Gasteiger partial charge is 0.309 e. The molecule has 2 aromatic rings. The van der Waals surface area contributed by atoms with Gasteiger partial charge in [-0.25, -0.2) is 4.98 Å². The Morgan fingerprint density at radius 1 is 1.13 bits per heavy atom. The highest BCUT2D eigenvalue weighted by Gasteiger charge is 2.29. The zero-order chi connectivity index (χ0) is 22.0. The molecule has 0 saturated heterocycles. The number of benzene rings is 1. The van der Waals surface area contributed by atoms with Crippen LogP contribution in [-0.4, -0.2) is 33.1 Å². The number of ketones is 1. The molecule has 4 rings (SSSR count). The molecule has 0 radical (unpaired) electrons. The minimum atomic E-state index is 0.0943. The van der Waals surface area contributed by atoms with Gasteiger partial charge in [-0.1, -0.05) is 39.8 Å². The molecule has 6 nitrogen and oxygen atoms in total. The quantitative estimate of drug-likeness (QED) is 0.666. The molecule has 1 fully saturated rings. The fourth-order valence-electron chi connectivity index (χ4n) is 3.26. The first-order chi connectivity index (χ1) is 14.8. The van der Waals surface area contributed by atoms with Crippen LogP contribution in [0.5, 0.6) is 0 Å². The van der Waals surface area contributed by atoms with Gasteiger partial charge < -0.3 is 5.32 Å². The van der Waals surface area contributed by atoms with Crippen molar-refractivity contribution >= 4 is 29.3 Å². The maximum atomic E-state index is 12.0. The van der Waals surface area contributed by atoms with Crippen LogP contribution in [0.2, 0.25) is 0 Å². The lowest BCUT2D eigenvalue weighted by Gasteiger charge is -2.18. The second-order valence-electron chi connectivity index (χ2n) is 9.12. The van der Waals surface area contributed by atoms with Crippen molar-refractivity contribution in [3.05, 3.63) is 47.3 Å². The minimum absolute atomic E-state index is 0.0943. The zero-order valence-electron chi connectivity index (χ0n) is 18.6. The maximum Gasteiger partial charge on any atom is 0.232 e. The van der Waals surface area contributed by atoms with Crippen molar-refractivity contribution in [1.29, 1.82) is 0 Å². The van der Waals surface area contributed by atoms with E-state index >= 15 is 0 Å². The number of carbonyl (C=O) groups is 1. The number of aryl methyl sites for hydroxylation is 1. The van der Waals surface area contributed by atoms with Crippen LogP contribution in [0.4, 0.5) is 5.95 Å². The van der Waals surface area contributed by atoms with E-state index in [0.29, 0.717) is 35.8 Å². The van der Waals surface area contributed by atoms with Crippen molar-refractivity contribution in [2.75, 3.05) is 11.9 Å². The van der Waals surface area contributed by atoms with Gasteiger partial charge in [0, 0.05) is 23.7 Å². The topological polar surface area (TPSA) is 80.1 Å². The molecule has 1 saturated carbocycles. The highest BCUT2D eigenvalue weighted by Crippen LogP contribution is 2.32. The molecule has 0 unspecified atom stereocenters. The second-order valence-corrected chi connectivity index (χ2v) is 10.2. The molecule has 0 atom stereocenters. The van der Waals surface area contributed by atoms with Gasteiger partial charge in [0.15, 0.2) is 5.16 Å². The second kappa shape index (κ2) is 8.91. The summed E-state index contributed by atoms with van der Waals surface area (Å²) in [5.41, 5.74) is 2.45. The average molecular weight is 436 g/mol. The first kappa shape index (κ1) is 21.7. The summed E-state index contributed by atoms with van der Waals surface area (Å²) < 4.78 is 0. The molecule has 1 aromatic heterocycles. The molecule has 1 aromatic carbocycles. The Morgan fingerprint density at radius 3 is 2.48 bits per heavy atom. The van der Waals surface area contributed by atoms with E-state index in [4.69, 9.17) is 0 Å². The molecule has 162 valence electrons. The monoisotopic (exact) mass is 435 g/mol. The SMILES string of the molecule is CCc1nc(NC2=NCC(C(C)(C)C)=C2)nc(Sc2ccc(CC(=O)C3CC3)cc2)n1. The van der Waals surface area contributed by atoms with Gasteiger partial charge in [-0.05, 0) is 59.4 Å². The summed E-state index contributed by atoms with van der Waals surface area (Å²) in [5.74, 6) is 2.71. The predicted octanol–water partition coefficient (Wildman–Crippen LogP) is 4.90. The number of hydrogen-bond acceptors (Lipinski definition) is 7. The number of nitrogens with one attached hydrogen (secondary N) is 1. The highest BCUT2D eigenvalue weighted by atomic mass is 32.2. The van der Waals surface area contributed by atoms with Crippen molar-refractivity contribution in [1.82, 2.24) is 15.0 Å². The Morgan fingerprint density at radius 2 is 1.87 bits per heavy atom. The zero-order valence-corrected chi connectivity index (χ0v) is 19.4. The summed E-state index contributed by atoms with van der Waals surface area (Å²) in [4.78, 5) is 31.3. The molecular formula is C24H29N5OS. The first-order valence-electron chi connectivity index (χ1n) is 10.9. The van der Waals surface area contributed by atoms with Crippen LogP contribution in [-0.2, 0) is 17.6 Å². The molecule has 0 amide bonds. The van der Waals surface area contributed by atoms with Crippen LogP contribution in [0.3, 0.4) is 0 Å². The lowest BCUT2D eigenvalue weighted by Crippen LogP contribution is -2.13. The summed E-state index contributed by atoms with van der Waals surface area (Å²) in [7, 11) is 0. The predicted molar refractivity (Wildman–Crippen MR) is 125 cm³/mol. The van der Waals surface area contributed by atoms with Gasteiger partial charge in [-0.15, -0.1) is 0 Å². The number of aromatic nitrogens is 3. The number of amidine groups is 1. The summed E-state index contributed by atoms with van der Waals surface area (Å²) in [6, 6.07) is 8.11. The molecule has 2 heterocycles. The van der Waals surface area contributed by atoms with Crippen LogP contribution in [0, 0.1) is 11.3 Å². The number of hydrogen-bond donors (Lipinski definition) is 1. The molecule has 1 aliphatic heterocycles. The third kappa shape index (κ3) is 5.79. The van der Waals surface area contributed by atoms with Crippen molar-refractivity contribution in [3.63, 3.8) is 0 Å². The van der Waals surface area contributed by atoms with Crippen LogP contribution >= 0.6 is 11.8 Å². The van der Waals surface area contributed by atoms with E-state index in [1.165, 1.54) is 17.3 Å². The van der Waals surface area contributed by atoms with Gasteiger partial charge in [-0.2, -0.15) is 9.97 Å². The van der Waals surface area contributed by atoms with E-state index in [9.17, 15) is 4.79 Å².